The van der Waals surface area contributed by atoms with Crippen LogP contribution in [0.15, 0.2) is 29.4 Å². The number of carbonyl (C=O) groups excluding carboxylic acids is 1. The molecule has 0 aliphatic carbocycles. The van der Waals surface area contributed by atoms with E-state index in [1.54, 1.807) is 11.8 Å². The van der Waals surface area contributed by atoms with Crippen LogP contribution in [0.5, 0.6) is 0 Å². The number of halogens is 1. The Balaban J connectivity index is 1.89. The second kappa shape index (κ2) is 8.07. The zero-order valence-corrected chi connectivity index (χ0v) is 14.2. The molecule has 0 spiro atoms. The number of benzene rings is 1. The van der Waals surface area contributed by atoms with Gasteiger partial charge in [0.15, 0.2) is 11.0 Å². The molecule has 0 bridgehead atoms. The summed E-state index contributed by atoms with van der Waals surface area (Å²) in [7, 11) is 5.92. The van der Waals surface area contributed by atoms with Crippen LogP contribution < -0.4 is 5.32 Å². The van der Waals surface area contributed by atoms with Crippen molar-refractivity contribution in [2.45, 2.75) is 11.7 Å². The standard InChI is InChI=1S/C15H20FN5OS/c1-20(2)8-9-23-15-19-18-13(21(15)3)10-17-14(22)11-4-6-12(16)7-5-11/h4-7H,8-10H2,1-3H3,(H,17,22). The van der Waals surface area contributed by atoms with Gasteiger partial charge in [-0.1, -0.05) is 11.8 Å². The molecule has 1 N–H and O–H groups in total. The summed E-state index contributed by atoms with van der Waals surface area (Å²) in [5, 5.41) is 11.8. The van der Waals surface area contributed by atoms with Gasteiger partial charge in [0.05, 0.1) is 6.54 Å². The zero-order valence-electron chi connectivity index (χ0n) is 13.4. The molecule has 1 aromatic heterocycles. The molecule has 1 aromatic carbocycles. The molecule has 0 saturated heterocycles. The molecule has 8 heteroatoms. The van der Waals surface area contributed by atoms with E-state index in [1.807, 2.05) is 25.7 Å². The Bertz CT molecular complexity index is 656. The molecule has 0 atom stereocenters. The van der Waals surface area contributed by atoms with E-state index in [-0.39, 0.29) is 18.3 Å². The maximum absolute atomic E-state index is 12.8. The highest BCUT2D eigenvalue weighted by Gasteiger charge is 2.11. The normalized spacial score (nSPS) is 11.0. The van der Waals surface area contributed by atoms with Crippen LogP contribution in [0.25, 0.3) is 0 Å². The first-order valence-electron chi connectivity index (χ1n) is 7.17. The number of aromatic nitrogens is 3. The lowest BCUT2D eigenvalue weighted by Gasteiger charge is -2.08. The van der Waals surface area contributed by atoms with E-state index in [1.165, 1.54) is 24.3 Å². The number of hydrogen-bond acceptors (Lipinski definition) is 5. The molecular weight excluding hydrogens is 317 g/mol. The summed E-state index contributed by atoms with van der Waals surface area (Å²) in [5.74, 6) is 0.956. The van der Waals surface area contributed by atoms with Gasteiger partial charge < -0.3 is 14.8 Å². The molecule has 2 aromatic rings. The van der Waals surface area contributed by atoms with Crippen molar-refractivity contribution in [3.8, 4) is 0 Å². The fourth-order valence-corrected chi connectivity index (χ4v) is 2.84. The molecule has 1 heterocycles. The maximum Gasteiger partial charge on any atom is 0.251 e. The second-order valence-electron chi connectivity index (χ2n) is 5.30. The van der Waals surface area contributed by atoms with Crippen molar-refractivity contribution in [1.29, 1.82) is 0 Å². The first-order chi connectivity index (χ1) is 11.0. The number of thioether (sulfide) groups is 1. The van der Waals surface area contributed by atoms with Crippen molar-refractivity contribution in [3.05, 3.63) is 41.5 Å². The van der Waals surface area contributed by atoms with Gasteiger partial charge in [-0.25, -0.2) is 4.39 Å². The summed E-state index contributed by atoms with van der Waals surface area (Å²) < 4.78 is 14.7. The van der Waals surface area contributed by atoms with E-state index in [2.05, 4.69) is 20.4 Å². The van der Waals surface area contributed by atoms with Crippen LogP contribution in [-0.4, -0.2) is 52.0 Å². The number of nitrogens with one attached hydrogen (secondary N) is 1. The largest absolute Gasteiger partial charge is 0.345 e. The first kappa shape index (κ1) is 17.4. The third kappa shape index (κ3) is 5.04. The molecule has 6 nitrogen and oxygen atoms in total. The van der Waals surface area contributed by atoms with Gasteiger partial charge >= 0.3 is 0 Å². The molecule has 1 amide bonds. The van der Waals surface area contributed by atoms with Gasteiger partial charge in [0.2, 0.25) is 0 Å². The molecule has 0 aliphatic rings. The van der Waals surface area contributed by atoms with Gasteiger partial charge in [-0.05, 0) is 38.4 Å². The number of amides is 1. The molecule has 0 aliphatic heterocycles. The minimum Gasteiger partial charge on any atom is -0.345 e. The van der Waals surface area contributed by atoms with Crippen LogP contribution in [0.3, 0.4) is 0 Å². The Morgan fingerprint density at radius 3 is 2.65 bits per heavy atom. The van der Waals surface area contributed by atoms with Crippen LogP contribution in [0.4, 0.5) is 4.39 Å². The third-order valence-electron chi connectivity index (χ3n) is 3.21. The highest BCUT2D eigenvalue weighted by atomic mass is 32.2. The topological polar surface area (TPSA) is 63.1 Å². The van der Waals surface area contributed by atoms with E-state index in [0.29, 0.717) is 11.4 Å². The van der Waals surface area contributed by atoms with Gasteiger partial charge in [0.25, 0.3) is 5.91 Å². The Kier molecular flexibility index (Phi) is 6.12. The summed E-state index contributed by atoms with van der Waals surface area (Å²) in [6.45, 7) is 1.22. The minimum absolute atomic E-state index is 0.269. The summed E-state index contributed by atoms with van der Waals surface area (Å²) in [4.78, 5) is 14.1. The lowest BCUT2D eigenvalue weighted by atomic mass is 10.2. The Labute approximate surface area is 139 Å². The smallest absolute Gasteiger partial charge is 0.251 e. The van der Waals surface area contributed by atoms with Crippen LogP contribution in [0.2, 0.25) is 0 Å². The predicted molar refractivity (Wildman–Crippen MR) is 87.9 cm³/mol. The second-order valence-corrected chi connectivity index (χ2v) is 6.36. The van der Waals surface area contributed by atoms with Gasteiger partial charge in [0.1, 0.15) is 5.82 Å². The van der Waals surface area contributed by atoms with Crippen molar-refractivity contribution in [2.24, 2.45) is 7.05 Å². The lowest BCUT2D eigenvalue weighted by molar-refractivity contribution is 0.0949. The Hall–Kier alpha value is -1.93. The van der Waals surface area contributed by atoms with Gasteiger partial charge in [-0.3, -0.25) is 4.79 Å². The van der Waals surface area contributed by atoms with Crippen molar-refractivity contribution < 1.29 is 9.18 Å². The van der Waals surface area contributed by atoms with E-state index in [9.17, 15) is 9.18 Å². The predicted octanol–water partition coefficient (Wildman–Crippen LogP) is 1.54. The van der Waals surface area contributed by atoms with Crippen molar-refractivity contribution >= 4 is 17.7 Å². The summed E-state index contributed by atoms with van der Waals surface area (Å²) in [6.07, 6.45) is 0. The van der Waals surface area contributed by atoms with Crippen LogP contribution >= 0.6 is 11.8 Å². The van der Waals surface area contributed by atoms with Crippen LogP contribution in [0, 0.1) is 5.82 Å². The molecule has 23 heavy (non-hydrogen) atoms. The molecule has 0 fully saturated rings. The number of hydrogen-bond donors (Lipinski definition) is 1. The van der Waals surface area contributed by atoms with Crippen molar-refractivity contribution in [2.75, 3.05) is 26.4 Å². The lowest BCUT2D eigenvalue weighted by Crippen LogP contribution is -2.24. The van der Waals surface area contributed by atoms with Gasteiger partial charge in [0, 0.05) is 24.9 Å². The summed E-state index contributed by atoms with van der Waals surface area (Å²) >= 11 is 1.62. The average molecular weight is 337 g/mol. The first-order valence-corrected chi connectivity index (χ1v) is 8.15. The highest BCUT2D eigenvalue weighted by Crippen LogP contribution is 2.15. The number of rotatable bonds is 7. The molecule has 124 valence electrons. The fraction of sp³-hybridized carbons (Fsp3) is 0.400. The highest BCUT2D eigenvalue weighted by molar-refractivity contribution is 7.99. The quantitative estimate of drug-likeness (QED) is 0.777. The van der Waals surface area contributed by atoms with E-state index in [4.69, 9.17) is 0 Å². The Morgan fingerprint density at radius 1 is 1.30 bits per heavy atom. The molecule has 0 unspecified atom stereocenters. The molecule has 0 radical (unpaired) electrons. The fourth-order valence-electron chi connectivity index (χ4n) is 1.81. The SMILES string of the molecule is CN(C)CCSc1nnc(CNC(=O)c2ccc(F)cc2)n1C. The molecule has 2 rings (SSSR count). The third-order valence-corrected chi connectivity index (χ3v) is 4.21. The number of nitrogens with zero attached hydrogens (tertiary/aromatic N) is 4. The summed E-state index contributed by atoms with van der Waals surface area (Å²) in [6, 6.07) is 5.42. The summed E-state index contributed by atoms with van der Waals surface area (Å²) in [5.41, 5.74) is 0.411. The Morgan fingerprint density at radius 2 is 2.00 bits per heavy atom. The maximum atomic E-state index is 12.8. The number of carbonyl (C=O) groups is 1. The van der Waals surface area contributed by atoms with Crippen LogP contribution in [-0.2, 0) is 13.6 Å². The van der Waals surface area contributed by atoms with Gasteiger partial charge in [-0.2, -0.15) is 0 Å². The monoisotopic (exact) mass is 337 g/mol. The van der Waals surface area contributed by atoms with Crippen LogP contribution in [0.1, 0.15) is 16.2 Å². The van der Waals surface area contributed by atoms with E-state index >= 15 is 0 Å². The van der Waals surface area contributed by atoms with Crippen molar-refractivity contribution in [1.82, 2.24) is 25.0 Å². The van der Waals surface area contributed by atoms with Gasteiger partial charge in [-0.15, -0.1) is 10.2 Å². The van der Waals surface area contributed by atoms with Crippen molar-refractivity contribution in [3.63, 3.8) is 0 Å². The van der Waals surface area contributed by atoms with E-state index in [0.717, 1.165) is 17.5 Å². The van der Waals surface area contributed by atoms with E-state index < -0.39 is 0 Å². The zero-order chi connectivity index (χ0) is 16.8. The molecular formula is C15H20FN5OS. The minimum atomic E-state index is -0.366. The average Bonchev–Trinajstić information content (AvgIpc) is 2.86. The molecule has 0 saturated carbocycles.